The average molecular weight is 331 g/mol. The van der Waals surface area contributed by atoms with Crippen LogP contribution in [0.2, 0.25) is 0 Å². The molecule has 0 aromatic heterocycles. The van der Waals surface area contributed by atoms with Crippen LogP contribution in [-0.2, 0) is 29.8 Å². The molecule has 1 aromatic carbocycles. The number of carbonyl (C=O) groups is 2. The maximum atomic E-state index is 12.2. The van der Waals surface area contributed by atoms with Gasteiger partial charge in [0.1, 0.15) is 6.61 Å². The average Bonchev–Trinajstić information content (AvgIpc) is 2.52. The Labute approximate surface area is 128 Å². The molecular weight excluding hydrogens is 313 g/mol. The molecule has 1 aromatic rings. The van der Waals surface area contributed by atoms with Gasteiger partial charge < -0.3 is 18.9 Å². The fourth-order valence-corrected chi connectivity index (χ4v) is 3.05. The van der Waals surface area contributed by atoms with Crippen LogP contribution in [0.5, 0.6) is 0 Å². The van der Waals surface area contributed by atoms with Crippen molar-refractivity contribution in [1.82, 2.24) is 4.90 Å². The largest absolute Gasteiger partial charge is 0.479 e. The molecule has 0 aliphatic carbocycles. The van der Waals surface area contributed by atoms with Crippen LogP contribution in [0.4, 0.5) is 4.79 Å². The third-order valence-electron chi connectivity index (χ3n) is 2.89. The number of benzene rings is 1. The Kier molecular flexibility index (Phi) is 6.55. The first kappa shape index (κ1) is 18.2. The van der Waals surface area contributed by atoms with Crippen molar-refractivity contribution < 1.29 is 33.0 Å². The minimum atomic E-state index is -4.03. The monoisotopic (exact) mass is 331 g/mol. The van der Waals surface area contributed by atoms with E-state index in [1.165, 1.54) is 0 Å². The standard InChI is InChI=1S/C13H18NO7P/c1-14(11(12(15)16)22(18,19-2)20-3)13(17)21-9-10-7-5-4-6-8-10/h4-8,11H,9H2,1-3H3,(H,15,16). The van der Waals surface area contributed by atoms with Crippen molar-refractivity contribution in [2.75, 3.05) is 21.3 Å². The molecule has 0 aliphatic rings. The molecule has 122 valence electrons. The van der Waals surface area contributed by atoms with Gasteiger partial charge in [0.05, 0.1) is 0 Å². The fraction of sp³-hybridized carbons (Fsp3) is 0.385. The quantitative estimate of drug-likeness (QED) is 0.764. The van der Waals surface area contributed by atoms with E-state index in [4.69, 9.17) is 4.74 Å². The molecule has 0 heterocycles. The molecule has 0 aliphatic heterocycles. The highest BCUT2D eigenvalue weighted by Gasteiger charge is 2.45. The van der Waals surface area contributed by atoms with Crippen molar-refractivity contribution in [3.05, 3.63) is 35.9 Å². The van der Waals surface area contributed by atoms with Crippen LogP contribution in [0.3, 0.4) is 0 Å². The zero-order valence-electron chi connectivity index (χ0n) is 12.5. The first-order valence-corrected chi connectivity index (χ1v) is 7.84. The highest BCUT2D eigenvalue weighted by atomic mass is 31.2. The first-order chi connectivity index (χ1) is 10.4. The van der Waals surface area contributed by atoms with Gasteiger partial charge in [0.15, 0.2) is 0 Å². The molecule has 8 nitrogen and oxygen atoms in total. The Morgan fingerprint density at radius 2 is 1.77 bits per heavy atom. The SMILES string of the molecule is COP(=O)(OC)C(C(=O)O)N(C)C(=O)OCc1ccccc1. The Morgan fingerprint density at radius 3 is 2.23 bits per heavy atom. The minimum Gasteiger partial charge on any atom is -0.479 e. The van der Waals surface area contributed by atoms with Crippen LogP contribution in [-0.4, -0.2) is 49.1 Å². The molecule has 0 spiro atoms. The van der Waals surface area contributed by atoms with Crippen molar-refractivity contribution >= 4 is 19.7 Å². The Hall–Kier alpha value is -1.89. The van der Waals surface area contributed by atoms with Gasteiger partial charge in [-0.15, -0.1) is 0 Å². The third-order valence-corrected chi connectivity index (χ3v) is 5.07. The lowest BCUT2D eigenvalue weighted by Crippen LogP contribution is -2.43. The van der Waals surface area contributed by atoms with Gasteiger partial charge in [0.2, 0.25) is 5.78 Å². The summed E-state index contributed by atoms with van der Waals surface area (Å²) in [6.07, 6.45) is -0.953. The van der Waals surface area contributed by atoms with Gasteiger partial charge in [0, 0.05) is 21.3 Å². The number of ether oxygens (including phenoxy) is 1. The molecule has 1 N–H and O–H groups in total. The normalized spacial score (nSPS) is 12.5. The van der Waals surface area contributed by atoms with Crippen molar-refractivity contribution in [2.45, 2.75) is 12.4 Å². The number of carboxylic acids is 1. The molecule has 0 fully saturated rings. The topological polar surface area (TPSA) is 102 Å². The summed E-state index contributed by atoms with van der Waals surface area (Å²) < 4.78 is 26.5. The van der Waals surface area contributed by atoms with E-state index in [0.29, 0.717) is 4.90 Å². The molecule has 0 saturated heterocycles. The molecule has 0 bridgehead atoms. The molecule has 22 heavy (non-hydrogen) atoms. The Morgan fingerprint density at radius 1 is 1.23 bits per heavy atom. The van der Waals surface area contributed by atoms with Crippen molar-refractivity contribution in [3.63, 3.8) is 0 Å². The van der Waals surface area contributed by atoms with E-state index < -0.39 is 25.4 Å². The summed E-state index contributed by atoms with van der Waals surface area (Å²) >= 11 is 0. The Balaban J connectivity index is 2.81. The van der Waals surface area contributed by atoms with Crippen LogP contribution in [0.1, 0.15) is 5.56 Å². The molecule has 0 saturated carbocycles. The van der Waals surface area contributed by atoms with E-state index in [9.17, 15) is 19.3 Å². The predicted molar refractivity (Wildman–Crippen MR) is 77.4 cm³/mol. The summed E-state index contributed by atoms with van der Waals surface area (Å²) in [6.45, 7) is -0.0411. The van der Waals surface area contributed by atoms with E-state index in [1.54, 1.807) is 24.3 Å². The summed E-state index contributed by atoms with van der Waals surface area (Å²) in [7, 11) is -0.788. The zero-order chi connectivity index (χ0) is 16.8. The molecule has 1 atom stereocenters. The van der Waals surface area contributed by atoms with Crippen LogP contribution < -0.4 is 0 Å². The smallest absolute Gasteiger partial charge is 0.411 e. The number of likely N-dealkylation sites (N-methyl/N-ethyl adjacent to an activating group) is 1. The lowest BCUT2D eigenvalue weighted by atomic mass is 10.2. The number of rotatable bonds is 7. The second-order valence-electron chi connectivity index (χ2n) is 4.27. The molecule has 1 unspecified atom stereocenters. The van der Waals surface area contributed by atoms with Gasteiger partial charge in [-0.25, -0.2) is 9.59 Å². The maximum absolute atomic E-state index is 12.2. The van der Waals surface area contributed by atoms with E-state index in [2.05, 4.69) is 9.05 Å². The summed E-state index contributed by atoms with van der Waals surface area (Å²) in [5, 5.41) is 9.19. The molecule has 1 amide bonds. The first-order valence-electron chi connectivity index (χ1n) is 6.23. The van der Waals surface area contributed by atoms with Crippen LogP contribution >= 0.6 is 7.60 Å². The number of nitrogens with zero attached hydrogens (tertiary/aromatic N) is 1. The highest BCUT2D eigenvalue weighted by Crippen LogP contribution is 2.52. The second-order valence-corrected chi connectivity index (χ2v) is 6.57. The number of amides is 1. The molecule has 9 heteroatoms. The van der Waals surface area contributed by atoms with Crippen molar-refractivity contribution in [1.29, 1.82) is 0 Å². The van der Waals surface area contributed by atoms with Gasteiger partial charge >= 0.3 is 19.7 Å². The summed E-state index contributed by atoms with van der Waals surface area (Å²) in [4.78, 5) is 23.9. The molecule has 0 radical (unpaired) electrons. The number of carbonyl (C=O) groups excluding carboxylic acids is 1. The second kappa shape index (κ2) is 7.93. The summed E-state index contributed by atoms with van der Waals surface area (Å²) in [6, 6.07) is 8.85. The lowest BCUT2D eigenvalue weighted by molar-refractivity contribution is -0.139. The zero-order valence-corrected chi connectivity index (χ0v) is 13.4. The van der Waals surface area contributed by atoms with Gasteiger partial charge in [-0.05, 0) is 5.56 Å². The highest BCUT2D eigenvalue weighted by molar-refractivity contribution is 7.55. The van der Waals surface area contributed by atoms with E-state index in [-0.39, 0.29) is 6.61 Å². The van der Waals surface area contributed by atoms with Gasteiger partial charge in [0.25, 0.3) is 0 Å². The molecule has 1 rings (SSSR count). The van der Waals surface area contributed by atoms with Crippen molar-refractivity contribution in [2.24, 2.45) is 0 Å². The number of hydrogen-bond donors (Lipinski definition) is 1. The van der Waals surface area contributed by atoms with E-state index in [0.717, 1.165) is 26.8 Å². The van der Waals surface area contributed by atoms with Gasteiger partial charge in [-0.2, -0.15) is 0 Å². The summed E-state index contributed by atoms with van der Waals surface area (Å²) in [5.74, 6) is -3.32. The van der Waals surface area contributed by atoms with E-state index in [1.807, 2.05) is 6.07 Å². The minimum absolute atomic E-state index is 0.0411. The molecular formula is C13H18NO7P. The number of carboxylic acid groups (broad SMARTS) is 1. The fourth-order valence-electron chi connectivity index (χ4n) is 1.71. The van der Waals surface area contributed by atoms with Crippen LogP contribution in [0.25, 0.3) is 0 Å². The summed E-state index contributed by atoms with van der Waals surface area (Å²) in [5.41, 5.74) is 0.734. The maximum Gasteiger partial charge on any atom is 0.411 e. The third kappa shape index (κ3) is 4.30. The van der Waals surface area contributed by atoms with Gasteiger partial charge in [-0.1, -0.05) is 30.3 Å². The Bertz CT molecular complexity index is 555. The van der Waals surface area contributed by atoms with Crippen LogP contribution in [0, 0.1) is 0 Å². The van der Waals surface area contributed by atoms with Gasteiger partial charge in [-0.3, -0.25) is 9.46 Å². The predicted octanol–water partition coefficient (Wildman–Crippen LogP) is 2.15. The van der Waals surface area contributed by atoms with E-state index >= 15 is 0 Å². The lowest BCUT2D eigenvalue weighted by Gasteiger charge is -2.28. The number of aliphatic carboxylic acids is 1. The number of hydrogen-bond acceptors (Lipinski definition) is 6. The van der Waals surface area contributed by atoms with Crippen LogP contribution in [0.15, 0.2) is 30.3 Å². The van der Waals surface area contributed by atoms with Crippen molar-refractivity contribution in [3.8, 4) is 0 Å².